The average molecular weight is 507 g/mol. The molecule has 1 aliphatic carbocycles. The van der Waals surface area contributed by atoms with E-state index >= 15 is 0 Å². The van der Waals surface area contributed by atoms with Crippen LogP contribution in [0.5, 0.6) is 0 Å². The minimum atomic E-state index is -1.42. The summed E-state index contributed by atoms with van der Waals surface area (Å²) in [4.78, 5) is 26.7. The first-order chi connectivity index (χ1) is 17.9. The number of aliphatic hydroxyl groups is 1. The molecular formula is C29H32F2N4O2. The van der Waals surface area contributed by atoms with Crippen molar-refractivity contribution in [3.8, 4) is 0 Å². The quantitative estimate of drug-likeness (QED) is 0.613. The Kier molecular flexibility index (Phi) is 7.31. The highest BCUT2D eigenvalue weighted by molar-refractivity contribution is 6.10. The summed E-state index contributed by atoms with van der Waals surface area (Å²) in [5, 5.41) is 11.0. The Labute approximate surface area is 216 Å². The molecule has 0 bridgehead atoms. The van der Waals surface area contributed by atoms with E-state index in [1.54, 1.807) is 37.4 Å². The molecule has 1 saturated heterocycles. The molecule has 1 aromatic carbocycles. The van der Waals surface area contributed by atoms with Gasteiger partial charge < -0.3 is 10.0 Å². The molecule has 1 fully saturated rings. The minimum Gasteiger partial charge on any atom is -0.390 e. The Balaban J connectivity index is 1.28. The second-order valence-electron chi connectivity index (χ2n) is 10.1. The van der Waals surface area contributed by atoms with Crippen molar-refractivity contribution >= 4 is 11.7 Å². The summed E-state index contributed by atoms with van der Waals surface area (Å²) in [5.74, 6) is 0.204. The molecule has 3 heterocycles. The molecule has 3 unspecified atom stereocenters. The number of aliphatic hydroxyl groups excluding tert-OH is 1. The molecule has 5 rings (SSSR count). The van der Waals surface area contributed by atoms with Gasteiger partial charge >= 0.3 is 0 Å². The fourth-order valence-corrected chi connectivity index (χ4v) is 5.64. The van der Waals surface area contributed by atoms with Gasteiger partial charge in [-0.05, 0) is 73.7 Å². The predicted molar refractivity (Wildman–Crippen MR) is 138 cm³/mol. The largest absolute Gasteiger partial charge is 0.390 e. The average Bonchev–Trinajstić information content (AvgIpc) is 3.16. The van der Waals surface area contributed by atoms with Gasteiger partial charge in [0.1, 0.15) is 17.8 Å². The lowest BCUT2D eigenvalue weighted by molar-refractivity contribution is -0.131. The molecule has 1 aromatic heterocycles. The van der Waals surface area contributed by atoms with Gasteiger partial charge in [-0.1, -0.05) is 36.4 Å². The van der Waals surface area contributed by atoms with Crippen LogP contribution in [0.2, 0.25) is 0 Å². The monoisotopic (exact) mass is 506 g/mol. The molecule has 0 saturated carbocycles. The van der Waals surface area contributed by atoms with Gasteiger partial charge in [0.2, 0.25) is 0 Å². The zero-order valence-corrected chi connectivity index (χ0v) is 20.9. The predicted octanol–water partition coefficient (Wildman–Crippen LogP) is 4.14. The first-order valence-corrected chi connectivity index (χ1v) is 12.8. The van der Waals surface area contributed by atoms with Crippen molar-refractivity contribution in [1.29, 1.82) is 0 Å². The lowest BCUT2D eigenvalue weighted by Crippen LogP contribution is -2.48. The number of hydrogen-bond acceptors (Lipinski definition) is 5. The number of carbonyl (C=O) groups excluding carboxylic acids is 1. The molecular weight excluding hydrogens is 474 g/mol. The van der Waals surface area contributed by atoms with E-state index in [1.165, 1.54) is 28.7 Å². The van der Waals surface area contributed by atoms with Crippen LogP contribution in [-0.4, -0.2) is 70.1 Å². The van der Waals surface area contributed by atoms with Crippen molar-refractivity contribution in [2.45, 2.75) is 49.9 Å². The second-order valence-corrected chi connectivity index (χ2v) is 10.1. The van der Waals surface area contributed by atoms with Gasteiger partial charge in [0.05, 0.1) is 12.6 Å². The van der Waals surface area contributed by atoms with Crippen LogP contribution in [0, 0.1) is 5.82 Å². The Morgan fingerprint density at radius 3 is 2.57 bits per heavy atom. The van der Waals surface area contributed by atoms with Crippen LogP contribution in [0.3, 0.4) is 0 Å². The molecule has 3 aliphatic rings. The molecule has 1 amide bonds. The third kappa shape index (κ3) is 5.13. The number of allylic oxidation sites excluding steroid dienone is 2. The molecule has 0 spiro atoms. The maximum Gasteiger partial charge on any atom is 0.265 e. The van der Waals surface area contributed by atoms with Crippen molar-refractivity contribution in [3.05, 3.63) is 89.5 Å². The summed E-state index contributed by atoms with van der Waals surface area (Å²) < 4.78 is 27.5. The summed E-state index contributed by atoms with van der Waals surface area (Å²) >= 11 is 0. The molecule has 6 nitrogen and oxygen atoms in total. The number of carbonyl (C=O) groups is 1. The molecule has 194 valence electrons. The van der Waals surface area contributed by atoms with Gasteiger partial charge in [0.25, 0.3) is 5.91 Å². The summed E-state index contributed by atoms with van der Waals surface area (Å²) in [6, 6.07) is 9.77. The van der Waals surface area contributed by atoms with Crippen molar-refractivity contribution < 1.29 is 18.7 Å². The molecule has 37 heavy (non-hydrogen) atoms. The normalized spacial score (nSPS) is 25.8. The summed E-state index contributed by atoms with van der Waals surface area (Å²) in [6.45, 7) is 4.01. The van der Waals surface area contributed by atoms with E-state index in [1.807, 2.05) is 12.3 Å². The van der Waals surface area contributed by atoms with Crippen molar-refractivity contribution in [3.63, 3.8) is 0 Å². The number of hydrogen-bond donors (Lipinski definition) is 1. The third-order valence-corrected chi connectivity index (χ3v) is 7.61. The number of halogens is 2. The fraction of sp³-hybridized carbons (Fsp3) is 0.414. The zero-order valence-electron chi connectivity index (χ0n) is 20.9. The number of amidine groups is 1. The van der Waals surface area contributed by atoms with E-state index < -0.39 is 23.6 Å². The fourth-order valence-electron chi connectivity index (χ4n) is 5.64. The lowest BCUT2D eigenvalue weighted by atomic mass is 9.80. The number of β-amino-alcohol motifs (C(OH)–C–C–N with tert-alkyl or cyclic N) is 1. The Bertz CT molecular complexity index is 1210. The molecule has 8 heteroatoms. The van der Waals surface area contributed by atoms with Gasteiger partial charge in [-0.15, -0.1) is 0 Å². The highest BCUT2D eigenvalue weighted by Crippen LogP contribution is 2.42. The number of aliphatic imine (C=N–C) groups is 1. The Hall–Kier alpha value is -3.23. The van der Waals surface area contributed by atoms with Crippen LogP contribution in [0.25, 0.3) is 0 Å². The minimum absolute atomic E-state index is 0.0996. The lowest BCUT2D eigenvalue weighted by Gasteiger charge is -2.34. The number of piperidine rings is 1. The van der Waals surface area contributed by atoms with Crippen molar-refractivity contribution in [2.24, 2.45) is 4.99 Å². The topological polar surface area (TPSA) is 69.0 Å². The number of aromatic nitrogens is 1. The summed E-state index contributed by atoms with van der Waals surface area (Å²) in [6.07, 6.45) is 8.66. The maximum absolute atomic E-state index is 14.0. The highest BCUT2D eigenvalue weighted by Gasteiger charge is 2.51. The van der Waals surface area contributed by atoms with Crippen LogP contribution >= 0.6 is 0 Å². The number of nitrogens with zero attached hydrogens (tertiary/aromatic N) is 4. The van der Waals surface area contributed by atoms with Crippen LogP contribution in [-0.2, 0) is 10.3 Å². The highest BCUT2D eigenvalue weighted by atomic mass is 19.1. The third-order valence-electron chi connectivity index (χ3n) is 7.61. The number of amides is 1. The number of likely N-dealkylation sites (tertiary alicyclic amines) is 1. The van der Waals surface area contributed by atoms with Crippen molar-refractivity contribution in [2.75, 3.05) is 26.2 Å². The molecule has 0 radical (unpaired) electrons. The zero-order chi connectivity index (χ0) is 26.0. The smallest absolute Gasteiger partial charge is 0.265 e. The number of benzene rings is 1. The Morgan fingerprint density at radius 2 is 1.92 bits per heavy atom. The summed E-state index contributed by atoms with van der Waals surface area (Å²) in [5.41, 5.74) is 0.906. The second kappa shape index (κ2) is 10.6. The number of alkyl halides is 1. The maximum atomic E-state index is 14.0. The van der Waals surface area contributed by atoms with Crippen LogP contribution in [0.15, 0.2) is 77.6 Å². The number of pyridine rings is 1. The van der Waals surface area contributed by atoms with Crippen LogP contribution in [0.4, 0.5) is 8.78 Å². The Morgan fingerprint density at radius 1 is 1.16 bits per heavy atom. The van der Waals surface area contributed by atoms with E-state index in [0.29, 0.717) is 29.4 Å². The van der Waals surface area contributed by atoms with Gasteiger partial charge in [-0.2, -0.15) is 0 Å². The van der Waals surface area contributed by atoms with Gasteiger partial charge in [0.15, 0.2) is 5.54 Å². The molecule has 2 aromatic rings. The molecule has 3 atom stereocenters. The van der Waals surface area contributed by atoms with E-state index in [4.69, 9.17) is 4.99 Å². The standard InChI is InChI=1S/C29H32F2N4O2/c1-20-33-29(23-4-8-25(30)9-5-23,24-6-10-26(31)11-7-24)28(37)35(20)19-27(36)18-34-15-12-21(13-16-34)22-3-2-14-32-17-22/h2-10,14,17,21,26-27,36H,11-13,15-16,18-19H2,1H3. The van der Waals surface area contributed by atoms with Crippen molar-refractivity contribution in [1.82, 2.24) is 14.8 Å². The van der Waals surface area contributed by atoms with E-state index in [2.05, 4.69) is 16.0 Å². The van der Waals surface area contributed by atoms with E-state index in [0.717, 1.165) is 25.9 Å². The van der Waals surface area contributed by atoms with E-state index in [-0.39, 0.29) is 18.9 Å². The first kappa shape index (κ1) is 25.4. The molecule has 1 N–H and O–H groups in total. The van der Waals surface area contributed by atoms with Crippen LogP contribution < -0.4 is 0 Å². The first-order valence-electron chi connectivity index (χ1n) is 12.8. The van der Waals surface area contributed by atoms with Gasteiger partial charge in [-0.3, -0.25) is 14.7 Å². The SMILES string of the molecule is CC1=NC(C2=CCC(F)C=C2)(c2ccc(F)cc2)C(=O)N1CC(O)CN1CCC(c2cccnc2)CC1. The van der Waals surface area contributed by atoms with E-state index in [9.17, 15) is 18.7 Å². The van der Waals surface area contributed by atoms with Crippen LogP contribution in [0.1, 0.15) is 43.2 Å². The van der Waals surface area contributed by atoms with Gasteiger partial charge in [-0.25, -0.2) is 13.8 Å². The molecule has 2 aliphatic heterocycles. The summed E-state index contributed by atoms with van der Waals surface area (Å²) in [7, 11) is 0. The number of rotatable bonds is 7. The van der Waals surface area contributed by atoms with Gasteiger partial charge in [0, 0.05) is 25.4 Å².